The third-order valence-corrected chi connectivity index (χ3v) is 5.95. The number of nitrogens with zero attached hydrogens (tertiary/aromatic N) is 4. The molecular formula is C16H28IN5OS. The van der Waals surface area contributed by atoms with Gasteiger partial charge in [0.15, 0.2) is 11.1 Å². The highest BCUT2D eigenvalue weighted by Crippen LogP contribution is 2.44. The van der Waals surface area contributed by atoms with E-state index in [1.54, 1.807) is 18.4 Å². The van der Waals surface area contributed by atoms with Gasteiger partial charge in [-0.1, -0.05) is 6.42 Å². The van der Waals surface area contributed by atoms with E-state index in [1.165, 1.54) is 19.3 Å². The summed E-state index contributed by atoms with van der Waals surface area (Å²) < 4.78 is 5.24. The molecule has 0 spiro atoms. The molecule has 1 aromatic heterocycles. The molecule has 0 unspecified atom stereocenters. The predicted octanol–water partition coefficient (Wildman–Crippen LogP) is 2.40. The predicted molar refractivity (Wildman–Crippen MR) is 111 cm³/mol. The zero-order valence-electron chi connectivity index (χ0n) is 14.3. The van der Waals surface area contributed by atoms with Crippen LogP contribution in [0.3, 0.4) is 0 Å². The maximum Gasteiger partial charge on any atom is 0.191 e. The average molecular weight is 465 g/mol. The second kappa shape index (κ2) is 9.19. The molecule has 136 valence electrons. The van der Waals surface area contributed by atoms with Gasteiger partial charge in [0.1, 0.15) is 0 Å². The summed E-state index contributed by atoms with van der Waals surface area (Å²) in [5, 5.41) is 3.13. The highest BCUT2D eigenvalue weighted by atomic mass is 127. The van der Waals surface area contributed by atoms with Gasteiger partial charge < -0.3 is 20.3 Å². The van der Waals surface area contributed by atoms with Gasteiger partial charge in [0.25, 0.3) is 0 Å². The van der Waals surface area contributed by atoms with Crippen LogP contribution in [0.25, 0.3) is 0 Å². The Morgan fingerprint density at radius 1 is 1.38 bits per heavy atom. The van der Waals surface area contributed by atoms with E-state index in [0.29, 0.717) is 11.4 Å². The Balaban J connectivity index is 0.00000208. The summed E-state index contributed by atoms with van der Waals surface area (Å²) in [4.78, 5) is 13.6. The lowest BCUT2D eigenvalue weighted by Gasteiger charge is -2.41. The van der Waals surface area contributed by atoms with Gasteiger partial charge in [0.05, 0.1) is 0 Å². The number of anilines is 1. The number of hydrogen-bond donors (Lipinski definition) is 1. The fourth-order valence-corrected chi connectivity index (χ4v) is 4.03. The Kier molecular flexibility index (Phi) is 7.55. The van der Waals surface area contributed by atoms with Gasteiger partial charge >= 0.3 is 0 Å². The molecule has 24 heavy (non-hydrogen) atoms. The van der Waals surface area contributed by atoms with E-state index in [1.807, 2.05) is 11.6 Å². The topological polar surface area (TPSA) is 67.0 Å². The highest BCUT2D eigenvalue weighted by Gasteiger charge is 2.36. The molecule has 0 atom stereocenters. The number of halogens is 1. The van der Waals surface area contributed by atoms with Crippen molar-refractivity contribution in [1.82, 2.24) is 9.88 Å². The normalized spacial score (nSPS) is 20.5. The summed E-state index contributed by atoms with van der Waals surface area (Å²) in [6.07, 6.45) is 6.78. The number of piperazine rings is 1. The second-order valence-electron chi connectivity index (χ2n) is 6.56. The molecule has 8 heteroatoms. The van der Waals surface area contributed by atoms with Gasteiger partial charge in [-0.15, -0.1) is 35.3 Å². The van der Waals surface area contributed by atoms with Gasteiger partial charge in [-0.05, 0) is 24.7 Å². The third-order valence-electron chi connectivity index (χ3n) is 5.12. The first kappa shape index (κ1) is 19.7. The number of guanidine groups is 1. The van der Waals surface area contributed by atoms with Crippen molar-refractivity contribution < 1.29 is 4.74 Å². The minimum absolute atomic E-state index is 0. The van der Waals surface area contributed by atoms with Crippen LogP contribution in [-0.2, 0) is 4.74 Å². The van der Waals surface area contributed by atoms with Gasteiger partial charge in [-0.3, -0.25) is 4.99 Å². The van der Waals surface area contributed by atoms with Crippen molar-refractivity contribution in [3.8, 4) is 0 Å². The van der Waals surface area contributed by atoms with E-state index >= 15 is 0 Å². The number of aliphatic imine (C=N–C) groups is 1. The molecule has 0 amide bonds. The molecule has 3 rings (SSSR count). The fraction of sp³-hybridized carbons (Fsp3) is 0.750. The molecule has 2 fully saturated rings. The highest BCUT2D eigenvalue weighted by molar-refractivity contribution is 14.0. The second-order valence-corrected chi connectivity index (χ2v) is 7.43. The number of nitrogens with two attached hydrogens (primary N) is 1. The Morgan fingerprint density at radius 3 is 2.67 bits per heavy atom. The lowest BCUT2D eigenvalue weighted by molar-refractivity contribution is 0.0777. The molecular weight excluding hydrogens is 437 g/mol. The first-order valence-corrected chi connectivity index (χ1v) is 9.29. The number of rotatable bonds is 6. The van der Waals surface area contributed by atoms with Crippen LogP contribution < -0.4 is 10.6 Å². The van der Waals surface area contributed by atoms with Crippen molar-refractivity contribution >= 4 is 46.4 Å². The summed E-state index contributed by atoms with van der Waals surface area (Å²) in [7, 11) is 1.77. The number of ether oxygens (including phenoxy) is 1. The lowest BCUT2D eigenvalue weighted by atomic mass is 9.67. The van der Waals surface area contributed by atoms with Crippen molar-refractivity contribution in [2.45, 2.75) is 25.7 Å². The summed E-state index contributed by atoms with van der Waals surface area (Å²) in [6, 6.07) is 0. The first-order valence-electron chi connectivity index (χ1n) is 8.41. The van der Waals surface area contributed by atoms with Crippen LogP contribution in [0.1, 0.15) is 25.7 Å². The minimum Gasteiger partial charge on any atom is -0.385 e. The standard InChI is InChI=1S/C16H27N5OS.HI/c1-22-11-5-16(3-2-4-16)13-19-14(17)20-7-9-21(10-8-20)15-18-6-12-23-15;/h6,12H,2-5,7-11,13H2,1H3,(H2,17,19);1H. The molecule has 1 aliphatic carbocycles. The molecule has 2 heterocycles. The molecule has 2 N–H and O–H groups in total. The maximum absolute atomic E-state index is 6.24. The van der Waals surface area contributed by atoms with Crippen molar-refractivity contribution in [2.75, 3.05) is 51.3 Å². The Hall–Kier alpha value is -0.610. The molecule has 0 radical (unpaired) electrons. The molecule has 2 aliphatic rings. The fourth-order valence-electron chi connectivity index (χ4n) is 3.33. The number of hydrogen-bond acceptors (Lipinski definition) is 5. The van der Waals surface area contributed by atoms with Crippen molar-refractivity contribution in [3.63, 3.8) is 0 Å². The third kappa shape index (κ3) is 4.72. The van der Waals surface area contributed by atoms with E-state index in [9.17, 15) is 0 Å². The summed E-state index contributed by atoms with van der Waals surface area (Å²) in [6.45, 7) is 5.41. The van der Waals surface area contributed by atoms with Gasteiger partial charge in [-0.2, -0.15) is 0 Å². The Morgan fingerprint density at radius 2 is 2.12 bits per heavy atom. The molecule has 1 saturated carbocycles. The van der Waals surface area contributed by atoms with Gasteiger partial charge in [0, 0.05) is 58.0 Å². The molecule has 6 nitrogen and oxygen atoms in total. The van der Waals surface area contributed by atoms with Crippen LogP contribution in [0.5, 0.6) is 0 Å². The summed E-state index contributed by atoms with van der Waals surface area (Å²) in [5.74, 6) is 0.701. The average Bonchev–Trinajstić information content (AvgIpc) is 3.08. The van der Waals surface area contributed by atoms with Crippen molar-refractivity contribution in [2.24, 2.45) is 16.1 Å². The Bertz CT molecular complexity index is 513. The number of methoxy groups -OCH3 is 1. The summed E-state index contributed by atoms with van der Waals surface area (Å²) >= 11 is 1.69. The smallest absolute Gasteiger partial charge is 0.191 e. The molecule has 0 bridgehead atoms. The molecule has 1 aliphatic heterocycles. The minimum atomic E-state index is 0. The van der Waals surface area contributed by atoms with Crippen molar-refractivity contribution in [3.05, 3.63) is 11.6 Å². The van der Waals surface area contributed by atoms with Crippen LogP contribution in [-0.4, -0.2) is 62.3 Å². The van der Waals surface area contributed by atoms with E-state index in [4.69, 9.17) is 15.5 Å². The molecule has 1 aromatic rings. The maximum atomic E-state index is 6.24. The molecule has 1 saturated heterocycles. The van der Waals surface area contributed by atoms with Gasteiger partial charge in [0.2, 0.25) is 0 Å². The van der Waals surface area contributed by atoms with E-state index in [0.717, 1.165) is 50.9 Å². The first-order chi connectivity index (χ1) is 11.2. The van der Waals surface area contributed by atoms with Crippen molar-refractivity contribution in [1.29, 1.82) is 0 Å². The monoisotopic (exact) mass is 465 g/mol. The van der Waals surface area contributed by atoms with E-state index in [-0.39, 0.29) is 24.0 Å². The number of aromatic nitrogens is 1. The Labute approximate surface area is 165 Å². The van der Waals surface area contributed by atoms with Crippen LogP contribution in [0.4, 0.5) is 5.13 Å². The number of thiazole rings is 1. The van der Waals surface area contributed by atoms with Crippen LogP contribution >= 0.6 is 35.3 Å². The lowest BCUT2D eigenvalue weighted by Crippen LogP contribution is -2.51. The van der Waals surface area contributed by atoms with E-state index < -0.39 is 0 Å². The van der Waals surface area contributed by atoms with Crippen LogP contribution in [0.2, 0.25) is 0 Å². The largest absolute Gasteiger partial charge is 0.385 e. The van der Waals surface area contributed by atoms with Gasteiger partial charge in [-0.25, -0.2) is 4.98 Å². The van der Waals surface area contributed by atoms with Crippen LogP contribution in [0, 0.1) is 5.41 Å². The SMILES string of the molecule is COCCC1(CN=C(N)N2CCN(c3nccs3)CC2)CCC1.I. The molecule has 0 aromatic carbocycles. The zero-order valence-corrected chi connectivity index (χ0v) is 17.5. The quantitative estimate of drug-likeness (QED) is 0.397. The summed E-state index contributed by atoms with van der Waals surface area (Å²) in [5.41, 5.74) is 6.58. The zero-order chi connectivity index (χ0) is 16.1. The van der Waals surface area contributed by atoms with E-state index in [2.05, 4.69) is 14.8 Å². The van der Waals surface area contributed by atoms with Crippen LogP contribution in [0.15, 0.2) is 16.6 Å².